The number of nitrogens with two attached hydrogens (primary N) is 1. The zero-order chi connectivity index (χ0) is 15.4. The summed E-state index contributed by atoms with van der Waals surface area (Å²) in [5.74, 6) is 0.424. The average molecular weight is 308 g/mol. The summed E-state index contributed by atoms with van der Waals surface area (Å²) in [5.41, 5.74) is 7.81. The van der Waals surface area contributed by atoms with E-state index in [1.165, 1.54) is 17.0 Å². The number of hydrogen-bond donors (Lipinski definition) is 1. The molecule has 114 valence electrons. The highest BCUT2D eigenvalue weighted by atomic mass is 32.1. The van der Waals surface area contributed by atoms with Crippen LogP contribution < -0.4 is 10.5 Å². The van der Waals surface area contributed by atoms with Gasteiger partial charge in [0.1, 0.15) is 23.2 Å². The Kier molecular flexibility index (Phi) is 5.31. The summed E-state index contributed by atoms with van der Waals surface area (Å²) >= 11 is 1.63. The SMILES string of the molecule is CCC(N)Cc1cc(F)ccc1OCc1nc(C)c(C)s1. The summed E-state index contributed by atoms with van der Waals surface area (Å²) in [6, 6.07) is 4.59. The molecular weight excluding hydrogens is 287 g/mol. The maximum absolute atomic E-state index is 13.4. The molecule has 0 bridgehead atoms. The van der Waals surface area contributed by atoms with Gasteiger partial charge in [-0.1, -0.05) is 6.92 Å². The van der Waals surface area contributed by atoms with Crippen molar-refractivity contribution in [2.24, 2.45) is 5.73 Å². The third kappa shape index (κ3) is 4.25. The molecule has 0 fully saturated rings. The number of ether oxygens (including phenoxy) is 1. The smallest absolute Gasteiger partial charge is 0.140 e. The minimum atomic E-state index is -0.262. The van der Waals surface area contributed by atoms with Crippen LogP contribution in [0.4, 0.5) is 4.39 Å². The normalized spacial score (nSPS) is 12.4. The lowest BCUT2D eigenvalue weighted by Gasteiger charge is -2.14. The van der Waals surface area contributed by atoms with Crippen molar-refractivity contribution in [3.63, 3.8) is 0 Å². The van der Waals surface area contributed by atoms with Gasteiger partial charge >= 0.3 is 0 Å². The Hall–Kier alpha value is -1.46. The second kappa shape index (κ2) is 7.00. The Morgan fingerprint density at radius 1 is 1.38 bits per heavy atom. The molecule has 1 aromatic heterocycles. The van der Waals surface area contributed by atoms with E-state index in [1.54, 1.807) is 17.4 Å². The highest BCUT2D eigenvalue weighted by Gasteiger charge is 2.11. The summed E-state index contributed by atoms with van der Waals surface area (Å²) < 4.78 is 19.2. The van der Waals surface area contributed by atoms with Crippen molar-refractivity contribution in [2.45, 2.75) is 46.3 Å². The van der Waals surface area contributed by atoms with E-state index in [0.29, 0.717) is 18.8 Å². The van der Waals surface area contributed by atoms with Gasteiger partial charge in [0.15, 0.2) is 0 Å². The number of nitrogens with zero attached hydrogens (tertiary/aromatic N) is 1. The third-order valence-corrected chi connectivity index (χ3v) is 4.50. The zero-order valence-corrected chi connectivity index (χ0v) is 13.5. The molecule has 0 aliphatic carbocycles. The van der Waals surface area contributed by atoms with Gasteiger partial charge in [0.2, 0.25) is 0 Å². The van der Waals surface area contributed by atoms with E-state index in [1.807, 2.05) is 20.8 Å². The molecule has 5 heteroatoms. The lowest BCUT2D eigenvalue weighted by Crippen LogP contribution is -2.21. The highest BCUT2D eigenvalue weighted by Crippen LogP contribution is 2.24. The number of hydrogen-bond acceptors (Lipinski definition) is 4. The van der Waals surface area contributed by atoms with E-state index >= 15 is 0 Å². The van der Waals surface area contributed by atoms with E-state index in [0.717, 1.165) is 22.7 Å². The van der Waals surface area contributed by atoms with Crippen molar-refractivity contribution < 1.29 is 9.13 Å². The van der Waals surface area contributed by atoms with Crippen LogP contribution in [0.3, 0.4) is 0 Å². The van der Waals surface area contributed by atoms with Crippen LogP contribution in [0.15, 0.2) is 18.2 Å². The maximum Gasteiger partial charge on any atom is 0.140 e. The molecule has 21 heavy (non-hydrogen) atoms. The van der Waals surface area contributed by atoms with Crippen molar-refractivity contribution in [3.05, 3.63) is 45.2 Å². The predicted octanol–water partition coefficient (Wildman–Crippen LogP) is 3.76. The third-order valence-electron chi connectivity index (χ3n) is 3.45. The lowest BCUT2D eigenvalue weighted by atomic mass is 10.0. The first kappa shape index (κ1) is 15.9. The van der Waals surface area contributed by atoms with Gasteiger partial charge in [0.05, 0.1) is 5.69 Å². The average Bonchev–Trinajstić information content (AvgIpc) is 2.76. The van der Waals surface area contributed by atoms with Gasteiger partial charge in [0.25, 0.3) is 0 Å². The molecule has 0 aliphatic heterocycles. The van der Waals surface area contributed by atoms with Crippen LogP contribution in [0, 0.1) is 19.7 Å². The van der Waals surface area contributed by atoms with E-state index < -0.39 is 0 Å². The summed E-state index contributed by atoms with van der Waals surface area (Å²) in [5, 5.41) is 0.931. The lowest BCUT2D eigenvalue weighted by molar-refractivity contribution is 0.300. The molecule has 0 saturated heterocycles. The zero-order valence-electron chi connectivity index (χ0n) is 12.6. The molecule has 1 unspecified atom stereocenters. The number of thiazole rings is 1. The van der Waals surface area contributed by atoms with E-state index in [2.05, 4.69) is 4.98 Å². The van der Waals surface area contributed by atoms with Crippen molar-refractivity contribution in [3.8, 4) is 5.75 Å². The van der Waals surface area contributed by atoms with Gasteiger partial charge in [-0.25, -0.2) is 9.37 Å². The summed E-state index contributed by atoms with van der Waals surface area (Å²) in [6.45, 7) is 6.45. The van der Waals surface area contributed by atoms with E-state index in [-0.39, 0.29) is 11.9 Å². The number of halogens is 1. The molecule has 0 saturated carbocycles. The number of aryl methyl sites for hydroxylation is 2. The fourth-order valence-electron chi connectivity index (χ4n) is 2.02. The number of rotatable bonds is 6. The Labute approximate surface area is 129 Å². The van der Waals surface area contributed by atoms with Crippen LogP contribution in [-0.2, 0) is 13.0 Å². The van der Waals surface area contributed by atoms with E-state index in [9.17, 15) is 4.39 Å². The fourth-order valence-corrected chi connectivity index (χ4v) is 2.86. The number of benzene rings is 1. The van der Waals surface area contributed by atoms with Crippen LogP contribution in [0.25, 0.3) is 0 Å². The Bertz CT molecular complexity index is 593. The summed E-state index contributed by atoms with van der Waals surface area (Å²) in [7, 11) is 0. The topological polar surface area (TPSA) is 48.1 Å². The maximum atomic E-state index is 13.4. The molecule has 2 N–H and O–H groups in total. The van der Waals surface area contributed by atoms with Crippen molar-refractivity contribution >= 4 is 11.3 Å². The minimum absolute atomic E-state index is 0.0125. The van der Waals surface area contributed by atoms with Gasteiger partial charge < -0.3 is 10.5 Å². The van der Waals surface area contributed by atoms with Gasteiger partial charge in [-0.3, -0.25) is 0 Å². The van der Waals surface area contributed by atoms with Crippen LogP contribution >= 0.6 is 11.3 Å². The molecule has 3 nitrogen and oxygen atoms in total. The quantitative estimate of drug-likeness (QED) is 0.884. The minimum Gasteiger partial charge on any atom is -0.486 e. The van der Waals surface area contributed by atoms with Crippen molar-refractivity contribution in [1.29, 1.82) is 0 Å². The first-order chi connectivity index (χ1) is 9.99. The van der Waals surface area contributed by atoms with Gasteiger partial charge in [-0.05, 0) is 50.5 Å². The standard InChI is InChI=1S/C16H21FN2OS/c1-4-14(18)8-12-7-13(17)5-6-15(12)20-9-16-19-10(2)11(3)21-16/h5-7,14H,4,8-9,18H2,1-3H3. The molecule has 0 radical (unpaired) electrons. The summed E-state index contributed by atoms with van der Waals surface area (Å²) in [6.07, 6.45) is 1.46. The monoisotopic (exact) mass is 308 g/mol. The first-order valence-electron chi connectivity index (χ1n) is 7.09. The van der Waals surface area contributed by atoms with Crippen LogP contribution in [0.5, 0.6) is 5.75 Å². The summed E-state index contributed by atoms with van der Waals surface area (Å²) in [4.78, 5) is 5.64. The largest absolute Gasteiger partial charge is 0.486 e. The Morgan fingerprint density at radius 2 is 2.14 bits per heavy atom. The van der Waals surface area contributed by atoms with Crippen molar-refractivity contribution in [1.82, 2.24) is 4.98 Å². The first-order valence-corrected chi connectivity index (χ1v) is 7.91. The van der Waals surface area contributed by atoms with Crippen molar-refractivity contribution in [2.75, 3.05) is 0 Å². The fraction of sp³-hybridized carbons (Fsp3) is 0.438. The second-order valence-corrected chi connectivity index (χ2v) is 6.45. The molecule has 0 spiro atoms. The Balaban J connectivity index is 2.11. The van der Waals surface area contributed by atoms with E-state index in [4.69, 9.17) is 10.5 Å². The molecule has 2 rings (SSSR count). The number of aromatic nitrogens is 1. The molecule has 1 heterocycles. The van der Waals surface area contributed by atoms with Crippen LogP contribution in [0.2, 0.25) is 0 Å². The van der Waals surface area contributed by atoms with Gasteiger partial charge in [-0.15, -0.1) is 11.3 Å². The Morgan fingerprint density at radius 3 is 2.76 bits per heavy atom. The van der Waals surface area contributed by atoms with Gasteiger partial charge in [0, 0.05) is 10.9 Å². The molecule has 2 aromatic rings. The highest BCUT2D eigenvalue weighted by molar-refractivity contribution is 7.11. The molecule has 1 atom stereocenters. The molecule has 1 aromatic carbocycles. The predicted molar refractivity (Wildman–Crippen MR) is 84.3 cm³/mol. The second-order valence-electron chi connectivity index (χ2n) is 5.16. The molecule has 0 amide bonds. The van der Waals surface area contributed by atoms with Crippen LogP contribution in [-0.4, -0.2) is 11.0 Å². The van der Waals surface area contributed by atoms with Crippen LogP contribution in [0.1, 0.15) is 34.5 Å². The van der Waals surface area contributed by atoms with Gasteiger partial charge in [-0.2, -0.15) is 0 Å². The molecule has 0 aliphatic rings. The molecular formula is C16H21FN2OS.